The number of halogens is 1. The molecule has 2 rings (SSSR count). The molecule has 1 unspecified atom stereocenters. The first kappa shape index (κ1) is 11.8. The van der Waals surface area contributed by atoms with Crippen molar-refractivity contribution in [3.8, 4) is 0 Å². The molecular weight excluding hydrogens is 219 g/mol. The highest BCUT2D eigenvalue weighted by Gasteiger charge is 2.07. The van der Waals surface area contributed by atoms with Gasteiger partial charge in [-0.2, -0.15) is 0 Å². The molecule has 0 amide bonds. The number of aliphatic hydroxyl groups is 1. The molecule has 0 aliphatic heterocycles. The van der Waals surface area contributed by atoms with Crippen molar-refractivity contribution in [3.63, 3.8) is 0 Å². The van der Waals surface area contributed by atoms with Crippen LogP contribution in [0.15, 0.2) is 43.0 Å². The van der Waals surface area contributed by atoms with Gasteiger partial charge in [-0.15, -0.1) is 0 Å². The van der Waals surface area contributed by atoms with Gasteiger partial charge in [0.15, 0.2) is 0 Å². The van der Waals surface area contributed by atoms with E-state index in [4.69, 9.17) is 0 Å². The third kappa shape index (κ3) is 3.39. The molecule has 0 fully saturated rings. The molecule has 0 saturated carbocycles. The normalized spacial score (nSPS) is 12.6. The fourth-order valence-electron chi connectivity index (χ4n) is 1.74. The second kappa shape index (κ2) is 5.59. The highest BCUT2D eigenvalue weighted by Crippen LogP contribution is 2.18. The van der Waals surface area contributed by atoms with Gasteiger partial charge in [0.2, 0.25) is 0 Å². The third-order valence-corrected chi connectivity index (χ3v) is 2.71. The van der Waals surface area contributed by atoms with E-state index in [1.807, 2.05) is 10.8 Å². The van der Waals surface area contributed by atoms with E-state index in [0.717, 1.165) is 18.5 Å². The minimum atomic E-state index is -0.529. The van der Waals surface area contributed by atoms with Crippen LogP contribution in [0.5, 0.6) is 0 Å². The van der Waals surface area contributed by atoms with Crippen LogP contribution in [0.1, 0.15) is 24.5 Å². The van der Waals surface area contributed by atoms with Gasteiger partial charge in [0.25, 0.3) is 0 Å². The number of hydrogen-bond donors (Lipinski definition) is 1. The van der Waals surface area contributed by atoms with Crippen LogP contribution >= 0.6 is 0 Å². The van der Waals surface area contributed by atoms with Gasteiger partial charge in [0, 0.05) is 18.9 Å². The Balaban J connectivity index is 1.81. The van der Waals surface area contributed by atoms with Crippen LogP contribution in [0.4, 0.5) is 4.39 Å². The summed E-state index contributed by atoms with van der Waals surface area (Å²) < 4.78 is 14.7. The van der Waals surface area contributed by atoms with Crippen molar-refractivity contribution < 1.29 is 9.50 Å². The van der Waals surface area contributed by atoms with E-state index >= 15 is 0 Å². The van der Waals surface area contributed by atoms with Gasteiger partial charge in [0.05, 0.1) is 12.4 Å². The summed E-state index contributed by atoms with van der Waals surface area (Å²) in [6.07, 6.45) is 6.36. The average molecular weight is 234 g/mol. The number of hydrogen-bond acceptors (Lipinski definition) is 2. The molecule has 17 heavy (non-hydrogen) atoms. The smallest absolute Gasteiger partial charge is 0.123 e. The number of benzene rings is 1. The topological polar surface area (TPSA) is 38.0 Å². The zero-order chi connectivity index (χ0) is 12.1. The summed E-state index contributed by atoms with van der Waals surface area (Å²) in [4.78, 5) is 3.95. The Morgan fingerprint density at radius 2 is 2.06 bits per heavy atom. The Hall–Kier alpha value is -1.68. The largest absolute Gasteiger partial charge is 0.388 e. The third-order valence-electron chi connectivity index (χ3n) is 2.71. The maximum Gasteiger partial charge on any atom is 0.123 e. The summed E-state index contributed by atoms with van der Waals surface area (Å²) in [7, 11) is 0. The lowest BCUT2D eigenvalue weighted by molar-refractivity contribution is 0.162. The Bertz CT molecular complexity index is 439. The van der Waals surface area contributed by atoms with Crippen molar-refractivity contribution in [2.45, 2.75) is 25.5 Å². The number of aliphatic hydroxyl groups excluding tert-OH is 1. The Kier molecular flexibility index (Phi) is 3.88. The molecule has 90 valence electrons. The molecule has 0 spiro atoms. The molecule has 0 aliphatic rings. The molecule has 1 atom stereocenters. The van der Waals surface area contributed by atoms with Crippen LogP contribution in [0.25, 0.3) is 0 Å². The van der Waals surface area contributed by atoms with E-state index in [1.165, 1.54) is 12.1 Å². The van der Waals surface area contributed by atoms with Gasteiger partial charge in [-0.3, -0.25) is 0 Å². The predicted molar refractivity (Wildman–Crippen MR) is 62.8 cm³/mol. The molecule has 0 bridgehead atoms. The van der Waals surface area contributed by atoms with Gasteiger partial charge in [0.1, 0.15) is 5.82 Å². The molecule has 2 aromatic rings. The maximum absolute atomic E-state index is 12.7. The lowest BCUT2D eigenvalue weighted by Crippen LogP contribution is -2.01. The minimum absolute atomic E-state index is 0.278. The first-order valence-corrected chi connectivity index (χ1v) is 5.65. The molecule has 1 N–H and O–H groups in total. The highest BCUT2D eigenvalue weighted by molar-refractivity contribution is 5.18. The van der Waals surface area contributed by atoms with Crippen molar-refractivity contribution in [2.75, 3.05) is 0 Å². The van der Waals surface area contributed by atoms with E-state index in [-0.39, 0.29) is 5.82 Å². The number of imidazole rings is 1. The summed E-state index contributed by atoms with van der Waals surface area (Å²) in [5.74, 6) is -0.278. The number of aryl methyl sites for hydroxylation is 1. The SMILES string of the molecule is OC(CCCn1ccnc1)c1ccc(F)cc1. The van der Waals surface area contributed by atoms with Gasteiger partial charge in [-0.05, 0) is 30.5 Å². The van der Waals surface area contributed by atoms with Crippen molar-refractivity contribution in [2.24, 2.45) is 0 Å². The van der Waals surface area contributed by atoms with Crippen molar-refractivity contribution >= 4 is 0 Å². The molecule has 1 aromatic carbocycles. The zero-order valence-corrected chi connectivity index (χ0v) is 9.46. The molecule has 0 aliphatic carbocycles. The monoisotopic (exact) mass is 234 g/mol. The lowest BCUT2D eigenvalue weighted by atomic mass is 10.1. The molecule has 3 nitrogen and oxygen atoms in total. The Morgan fingerprint density at radius 3 is 2.71 bits per heavy atom. The molecule has 0 radical (unpaired) electrons. The lowest BCUT2D eigenvalue weighted by Gasteiger charge is -2.10. The van der Waals surface area contributed by atoms with Crippen molar-refractivity contribution in [3.05, 3.63) is 54.4 Å². The summed E-state index contributed by atoms with van der Waals surface area (Å²) >= 11 is 0. The summed E-state index contributed by atoms with van der Waals surface area (Å²) in [5, 5.41) is 9.89. The second-order valence-electron chi connectivity index (χ2n) is 4.01. The summed E-state index contributed by atoms with van der Waals surface area (Å²) in [6.45, 7) is 0.832. The number of rotatable bonds is 5. The minimum Gasteiger partial charge on any atom is -0.388 e. The van der Waals surface area contributed by atoms with Gasteiger partial charge in [-0.1, -0.05) is 12.1 Å². The highest BCUT2D eigenvalue weighted by atomic mass is 19.1. The van der Waals surface area contributed by atoms with E-state index in [9.17, 15) is 9.50 Å². The molecule has 4 heteroatoms. The molecular formula is C13H15FN2O. The standard InChI is InChI=1S/C13H15FN2O/c14-12-5-3-11(4-6-12)13(17)2-1-8-16-9-7-15-10-16/h3-7,9-10,13,17H,1-2,8H2. The Morgan fingerprint density at radius 1 is 1.29 bits per heavy atom. The van der Waals surface area contributed by atoms with Crippen LogP contribution in [0.3, 0.4) is 0 Å². The fourth-order valence-corrected chi connectivity index (χ4v) is 1.74. The summed E-state index contributed by atoms with van der Waals surface area (Å²) in [5.41, 5.74) is 0.761. The van der Waals surface area contributed by atoms with Crippen molar-refractivity contribution in [1.82, 2.24) is 9.55 Å². The van der Waals surface area contributed by atoms with Crippen molar-refractivity contribution in [1.29, 1.82) is 0 Å². The van der Waals surface area contributed by atoms with Gasteiger partial charge < -0.3 is 9.67 Å². The zero-order valence-electron chi connectivity index (χ0n) is 9.46. The fraction of sp³-hybridized carbons (Fsp3) is 0.308. The van der Waals surface area contributed by atoms with Gasteiger partial charge in [-0.25, -0.2) is 9.37 Å². The van der Waals surface area contributed by atoms with Crippen LogP contribution in [-0.4, -0.2) is 14.7 Å². The summed E-state index contributed by atoms with van der Waals surface area (Å²) in [6, 6.07) is 5.98. The average Bonchev–Trinajstić information content (AvgIpc) is 2.83. The quantitative estimate of drug-likeness (QED) is 0.863. The van der Waals surface area contributed by atoms with Crippen LogP contribution in [0.2, 0.25) is 0 Å². The van der Waals surface area contributed by atoms with E-state index in [0.29, 0.717) is 6.42 Å². The maximum atomic E-state index is 12.7. The van der Waals surface area contributed by atoms with Crippen LogP contribution < -0.4 is 0 Å². The van der Waals surface area contributed by atoms with E-state index < -0.39 is 6.10 Å². The second-order valence-corrected chi connectivity index (χ2v) is 4.01. The number of nitrogens with zero attached hydrogens (tertiary/aromatic N) is 2. The molecule has 0 saturated heterocycles. The first-order valence-electron chi connectivity index (χ1n) is 5.65. The molecule has 1 heterocycles. The van der Waals surface area contributed by atoms with E-state index in [2.05, 4.69) is 4.98 Å². The molecule has 1 aromatic heterocycles. The first-order chi connectivity index (χ1) is 8.25. The van der Waals surface area contributed by atoms with E-state index in [1.54, 1.807) is 24.7 Å². The van der Waals surface area contributed by atoms with Gasteiger partial charge >= 0.3 is 0 Å². The van der Waals surface area contributed by atoms with Crippen LogP contribution in [0, 0.1) is 5.82 Å². The van der Waals surface area contributed by atoms with Crippen LogP contribution in [-0.2, 0) is 6.54 Å². The Labute approximate surface area is 99.5 Å². The number of aromatic nitrogens is 2. The predicted octanol–water partition coefficient (Wildman–Crippen LogP) is 2.54.